The molecule has 0 unspecified atom stereocenters. The van der Waals surface area contributed by atoms with Gasteiger partial charge in [-0.05, 0) is 50.4 Å². The zero-order valence-electron chi connectivity index (χ0n) is 28.6. The number of anilines is 3. The maximum atomic E-state index is 17.4. The van der Waals surface area contributed by atoms with E-state index in [1.165, 1.54) is 17.2 Å². The van der Waals surface area contributed by atoms with Crippen molar-refractivity contribution in [1.82, 2.24) is 19.9 Å². The van der Waals surface area contributed by atoms with E-state index in [-0.39, 0.29) is 75.6 Å². The third-order valence-corrected chi connectivity index (χ3v) is 11.8. The molecule has 0 aliphatic carbocycles. The average Bonchev–Trinajstić information content (AvgIpc) is 3.76. The summed E-state index contributed by atoms with van der Waals surface area (Å²) in [6.45, 7) is 1.58. The van der Waals surface area contributed by atoms with Crippen molar-refractivity contribution in [1.29, 1.82) is 5.26 Å². The van der Waals surface area contributed by atoms with Gasteiger partial charge in [-0.15, -0.1) is 11.3 Å². The highest BCUT2D eigenvalue weighted by molar-refractivity contribution is 7.23. The van der Waals surface area contributed by atoms with E-state index in [4.69, 9.17) is 32.5 Å². The maximum absolute atomic E-state index is 17.4. The highest BCUT2D eigenvalue weighted by Crippen LogP contribution is 2.54. The van der Waals surface area contributed by atoms with Gasteiger partial charge in [0.05, 0.1) is 38.8 Å². The normalized spacial score (nSPS) is 19.1. The Balaban J connectivity index is 1.40. The smallest absolute Gasteiger partial charge is 0.420 e. The van der Waals surface area contributed by atoms with E-state index in [1.807, 2.05) is 4.90 Å². The van der Waals surface area contributed by atoms with Crippen LogP contribution < -0.4 is 25.8 Å². The van der Waals surface area contributed by atoms with Crippen LogP contribution in [0.3, 0.4) is 0 Å². The van der Waals surface area contributed by atoms with Crippen LogP contribution in [0.5, 0.6) is 11.8 Å². The number of rotatable bonds is 6. The van der Waals surface area contributed by atoms with Crippen molar-refractivity contribution in [3.63, 3.8) is 0 Å². The van der Waals surface area contributed by atoms with Crippen molar-refractivity contribution < 1.29 is 40.2 Å². The van der Waals surface area contributed by atoms with E-state index in [2.05, 4.69) is 15.0 Å². The molecule has 2 atom stereocenters. The molecule has 0 bridgehead atoms. The van der Waals surface area contributed by atoms with E-state index in [0.29, 0.717) is 36.3 Å². The summed E-state index contributed by atoms with van der Waals surface area (Å²) in [5, 5.41) is 9.21. The highest BCUT2D eigenvalue weighted by atomic mass is 35.5. The summed E-state index contributed by atoms with van der Waals surface area (Å²) < 4.78 is 118. The zero-order valence-corrected chi connectivity index (χ0v) is 30.2. The first-order valence-electron chi connectivity index (χ1n) is 16.9. The van der Waals surface area contributed by atoms with Gasteiger partial charge in [0.25, 0.3) is 6.08 Å². The van der Waals surface area contributed by atoms with E-state index in [0.717, 1.165) is 12.1 Å². The summed E-state index contributed by atoms with van der Waals surface area (Å²) in [7, 11) is 0. The highest BCUT2D eigenvalue weighted by Gasteiger charge is 2.49. The van der Waals surface area contributed by atoms with Crippen LogP contribution in [0.15, 0.2) is 36.0 Å². The van der Waals surface area contributed by atoms with Gasteiger partial charge in [-0.1, -0.05) is 17.7 Å². The van der Waals surface area contributed by atoms with E-state index < -0.39 is 74.8 Å². The summed E-state index contributed by atoms with van der Waals surface area (Å²) in [6.07, 6.45) is -4.52. The number of hydrogen-bond donors (Lipinski definition) is 2. The minimum atomic E-state index is -5.28. The summed E-state index contributed by atoms with van der Waals surface area (Å²) in [4.78, 5) is 16.4. The lowest BCUT2D eigenvalue weighted by molar-refractivity contribution is -0.138. The molecule has 0 amide bonds. The van der Waals surface area contributed by atoms with Crippen LogP contribution in [0.2, 0.25) is 5.02 Å². The fourth-order valence-electron chi connectivity index (χ4n) is 8.07. The molecule has 0 spiro atoms. The van der Waals surface area contributed by atoms with Crippen molar-refractivity contribution in [2.75, 3.05) is 49.2 Å². The number of fused-ring (bicyclic) bond motifs is 2. The molecular formula is C36H28ClF7N8O2S. The lowest BCUT2D eigenvalue weighted by Gasteiger charge is -2.32. The van der Waals surface area contributed by atoms with Gasteiger partial charge in [-0.25, -0.2) is 13.8 Å². The molecule has 3 aliphatic heterocycles. The van der Waals surface area contributed by atoms with Crippen LogP contribution in [0, 0.1) is 23.0 Å². The molecule has 3 aliphatic rings. The van der Waals surface area contributed by atoms with Gasteiger partial charge >= 0.3 is 12.2 Å². The van der Waals surface area contributed by atoms with Gasteiger partial charge < -0.3 is 25.8 Å². The summed E-state index contributed by atoms with van der Waals surface area (Å²) >= 11 is 6.89. The molecule has 5 aromatic rings. The molecule has 2 saturated heterocycles. The Morgan fingerprint density at radius 1 is 1.18 bits per heavy atom. The number of alkyl halides is 3. The lowest BCUT2D eigenvalue weighted by atomic mass is 9.91. The second-order valence-electron chi connectivity index (χ2n) is 13.6. The van der Waals surface area contributed by atoms with Crippen molar-refractivity contribution in [2.45, 2.75) is 43.9 Å². The Hall–Kier alpha value is -5.12. The molecule has 10 nitrogen and oxygen atoms in total. The third-order valence-electron chi connectivity index (χ3n) is 10.6. The number of nitrogens with zero attached hydrogens (tertiary/aromatic N) is 6. The van der Waals surface area contributed by atoms with Crippen LogP contribution >= 0.6 is 22.9 Å². The second kappa shape index (κ2) is 13.3. The van der Waals surface area contributed by atoms with Gasteiger partial charge in [-0.3, -0.25) is 4.90 Å². The number of nitrogen functional groups attached to an aromatic ring is 2. The van der Waals surface area contributed by atoms with Gasteiger partial charge in [0.15, 0.2) is 5.82 Å². The molecule has 2 fully saturated rings. The quantitative estimate of drug-likeness (QED) is 0.160. The first kappa shape index (κ1) is 36.8. The molecule has 19 heteroatoms. The molecule has 0 radical (unpaired) electrons. The first-order valence-corrected chi connectivity index (χ1v) is 18.1. The average molecular weight is 805 g/mol. The molecule has 6 heterocycles. The number of halogens is 8. The second-order valence-corrected chi connectivity index (χ2v) is 15.1. The Morgan fingerprint density at radius 3 is 2.69 bits per heavy atom. The topological polar surface area (TPSA) is 139 Å². The van der Waals surface area contributed by atoms with Crippen LogP contribution in [0.25, 0.3) is 32.1 Å². The first-order chi connectivity index (χ1) is 26.1. The molecule has 2 aromatic carbocycles. The largest absolute Gasteiger partial charge is 0.490 e. The Labute approximate surface area is 316 Å². The van der Waals surface area contributed by atoms with Crippen LogP contribution in [-0.2, 0) is 6.18 Å². The van der Waals surface area contributed by atoms with Gasteiger partial charge in [0.1, 0.15) is 58.6 Å². The van der Waals surface area contributed by atoms with Crippen LogP contribution in [-0.4, -0.2) is 58.2 Å². The lowest BCUT2D eigenvalue weighted by Crippen LogP contribution is -2.43. The predicted molar refractivity (Wildman–Crippen MR) is 192 cm³/mol. The number of pyridine rings is 1. The third kappa shape index (κ3) is 5.90. The monoisotopic (exact) mass is 804 g/mol. The predicted octanol–water partition coefficient (Wildman–Crippen LogP) is 8.62. The Bertz CT molecular complexity index is 2500. The van der Waals surface area contributed by atoms with Crippen LogP contribution in [0.1, 0.15) is 48.9 Å². The standard InChI is InChI=1S/C36H28ClF7N8O2S/c1-15(19-9-17(37)12-48-31(19)46)52-7-8-53-28-24-27(49-34(50-33(24)52)54-14-35-5-2-6-51(35)13-16(10-35)30(40)41)26(39)23(25(28)36(42,43)44)18-3-4-21(38)29-22(18)20(11-45)32(47)55-29/h3-4,9,12,15H,2,5-8,10,13-14,47H2,1H3,(H2,46,48)/t15-,35+/m1/s1. The molecule has 286 valence electrons. The summed E-state index contributed by atoms with van der Waals surface area (Å²) in [6, 6.07) is 3.91. The molecule has 0 saturated carbocycles. The van der Waals surface area contributed by atoms with Crippen molar-refractivity contribution in [3.8, 4) is 29.0 Å². The van der Waals surface area contributed by atoms with E-state index in [1.54, 1.807) is 13.0 Å². The van der Waals surface area contributed by atoms with Gasteiger partial charge in [0, 0.05) is 34.8 Å². The van der Waals surface area contributed by atoms with Crippen molar-refractivity contribution >= 4 is 60.6 Å². The minimum Gasteiger partial charge on any atom is -0.490 e. The molecule has 55 heavy (non-hydrogen) atoms. The summed E-state index contributed by atoms with van der Waals surface area (Å²) in [5.41, 5.74) is 7.67. The van der Waals surface area contributed by atoms with Gasteiger partial charge in [0.2, 0.25) is 0 Å². The molecule has 8 rings (SSSR count). The number of thiophene rings is 1. The minimum absolute atomic E-state index is 0.0109. The number of ether oxygens (including phenoxy) is 2. The summed E-state index contributed by atoms with van der Waals surface area (Å²) in [5.74, 6) is -3.32. The van der Waals surface area contributed by atoms with Crippen molar-refractivity contribution in [2.24, 2.45) is 0 Å². The van der Waals surface area contributed by atoms with E-state index >= 15 is 22.0 Å². The van der Waals surface area contributed by atoms with Crippen molar-refractivity contribution in [3.05, 3.63) is 69.4 Å². The number of aromatic nitrogens is 3. The van der Waals surface area contributed by atoms with Gasteiger partial charge in [-0.2, -0.15) is 37.2 Å². The SMILES string of the molecule is C[C@H](c1cc(Cl)cnc1N)N1CCOc2c(C(F)(F)F)c(-c3ccc(F)c4sc(N)c(C#N)c34)c(F)c3nc(OC[C@@]45CCCN4CC(=C(F)F)C5)nc1c23. The maximum Gasteiger partial charge on any atom is 0.420 e. The fourth-order valence-corrected chi connectivity index (χ4v) is 9.19. The molecule has 3 aromatic heterocycles. The Kier molecular flexibility index (Phi) is 8.89. The van der Waals surface area contributed by atoms with E-state index in [9.17, 15) is 14.0 Å². The number of nitrogens with two attached hydrogens (primary N) is 2. The molecule has 4 N–H and O–H groups in total. The molecular weight excluding hydrogens is 777 g/mol. The zero-order chi connectivity index (χ0) is 39.1. The number of hydrogen-bond acceptors (Lipinski definition) is 11. The number of benzene rings is 2. The fraction of sp³-hybridized carbons (Fsp3) is 0.333. The Morgan fingerprint density at radius 2 is 1.96 bits per heavy atom. The number of nitriles is 1. The van der Waals surface area contributed by atoms with Crippen LogP contribution in [0.4, 0.5) is 47.4 Å².